The topological polar surface area (TPSA) is 108 Å². The van der Waals surface area contributed by atoms with Crippen molar-refractivity contribution in [3.63, 3.8) is 0 Å². The molecule has 2 aromatic heterocycles. The lowest BCUT2D eigenvalue weighted by Crippen LogP contribution is -2.05. The summed E-state index contributed by atoms with van der Waals surface area (Å²) in [6.45, 7) is 2.23. The van der Waals surface area contributed by atoms with Crippen LogP contribution in [0.4, 0.5) is 26.1 Å². The number of fused-ring (bicyclic) bond motifs is 1. The third-order valence-corrected chi connectivity index (χ3v) is 4.24. The van der Waals surface area contributed by atoms with Crippen LogP contribution in [0.15, 0.2) is 48.7 Å². The quantitative estimate of drug-likeness (QED) is 0.365. The molecule has 2 heterocycles. The molecule has 0 radical (unpaired) electrons. The summed E-state index contributed by atoms with van der Waals surface area (Å²) in [4.78, 5) is 23.3. The number of nitrogens with one attached hydrogen (secondary N) is 1. The Bertz CT molecular complexity index is 1240. The van der Waals surface area contributed by atoms with Gasteiger partial charge in [-0.15, -0.1) is 0 Å². The average molecular weight is 412 g/mol. The van der Waals surface area contributed by atoms with Gasteiger partial charge >= 0.3 is 6.01 Å². The number of benzene rings is 2. The first-order valence-electron chi connectivity index (χ1n) is 8.83. The largest absolute Gasteiger partial charge is 0.418 e. The molecule has 0 fully saturated rings. The molecule has 0 amide bonds. The summed E-state index contributed by atoms with van der Waals surface area (Å²) >= 11 is 0. The maximum absolute atomic E-state index is 13.8. The van der Waals surface area contributed by atoms with Gasteiger partial charge in [0.1, 0.15) is 11.2 Å². The summed E-state index contributed by atoms with van der Waals surface area (Å²) in [7, 11) is 0. The highest BCUT2D eigenvalue weighted by Crippen LogP contribution is 2.30. The molecule has 0 spiro atoms. The lowest BCUT2D eigenvalue weighted by atomic mass is 10.3. The summed E-state index contributed by atoms with van der Waals surface area (Å²) in [5, 5.41) is 14.2. The van der Waals surface area contributed by atoms with Crippen molar-refractivity contribution >= 4 is 28.5 Å². The molecule has 0 saturated heterocycles. The second-order valence-electron chi connectivity index (χ2n) is 6.09. The van der Waals surface area contributed by atoms with Crippen molar-refractivity contribution in [1.82, 2.24) is 19.5 Å². The van der Waals surface area contributed by atoms with Gasteiger partial charge in [0, 0.05) is 12.6 Å². The zero-order chi connectivity index (χ0) is 21.3. The van der Waals surface area contributed by atoms with E-state index < -0.39 is 22.3 Å². The van der Waals surface area contributed by atoms with Crippen molar-refractivity contribution in [1.29, 1.82) is 0 Å². The molecule has 4 rings (SSSR count). The molecular weight excluding hydrogens is 398 g/mol. The van der Waals surface area contributed by atoms with Crippen molar-refractivity contribution in [3.05, 3.63) is 70.4 Å². The molecule has 0 aliphatic carbocycles. The van der Waals surface area contributed by atoms with Crippen molar-refractivity contribution in [2.24, 2.45) is 0 Å². The second kappa shape index (κ2) is 7.70. The van der Waals surface area contributed by atoms with Crippen molar-refractivity contribution in [3.8, 4) is 11.8 Å². The summed E-state index contributed by atoms with van der Waals surface area (Å²) in [6, 6.07) is 9.21. The van der Waals surface area contributed by atoms with Gasteiger partial charge in [0.15, 0.2) is 17.3 Å². The van der Waals surface area contributed by atoms with E-state index in [2.05, 4.69) is 20.3 Å². The Balaban J connectivity index is 1.73. The van der Waals surface area contributed by atoms with Crippen molar-refractivity contribution in [2.45, 2.75) is 13.5 Å². The molecule has 1 N–H and O–H groups in total. The van der Waals surface area contributed by atoms with Crippen LogP contribution in [0.2, 0.25) is 0 Å². The fraction of sp³-hybridized carbons (Fsp3) is 0.105. The van der Waals surface area contributed by atoms with E-state index in [-0.39, 0.29) is 17.4 Å². The number of hydrogen-bond acceptors (Lipinski definition) is 7. The average Bonchev–Trinajstić information content (AvgIpc) is 3.07. The van der Waals surface area contributed by atoms with Gasteiger partial charge in [0.2, 0.25) is 11.7 Å². The van der Waals surface area contributed by atoms with E-state index in [4.69, 9.17) is 4.74 Å². The number of halogens is 2. The smallest absolute Gasteiger partial charge is 0.324 e. The first kappa shape index (κ1) is 19.2. The number of para-hydroxylation sites is 3. The zero-order valence-electron chi connectivity index (χ0n) is 15.5. The SMILES string of the molecule is CCn1c(Nc2ccccc2[N+](=O)[O-])nc2cnc(Oc3c(F)cccc3F)nc21. The number of aryl methyl sites for hydroxylation is 1. The maximum atomic E-state index is 13.8. The number of anilines is 2. The Hall–Kier alpha value is -4.15. The van der Waals surface area contributed by atoms with E-state index in [0.29, 0.717) is 23.7 Å². The fourth-order valence-corrected chi connectivity index (χ4v) is 2.88. The van der Waals surface area contributed by atoms with Crippen LogP contribution in [0, 0.1) is 21.7 Å². The van der Waals surface area contributed by atoms with Gasteiger partial charge in [-0.3, -0.25) is 14.7 Å². The Morgan fingerprint density at radius 1 is 1.13 bits per heavy atom. The lowest BCUT2D eigenvalue weighted by Gasteiger charge is -2.09. The standard InChI is InChI=1S/C19H14F2N6O3/c1-2-26-17-14(24-18(26)23-13-8-3-4-9-15(13)27(28)29)10-22-19(25-17)30-16-11(20)6-5-7-12(16)21/h3-10H,2H2,1H3,(H,23,24). The molecule has 4 aromatic rings. The first-order valence-corrected chi connectivity index (χ1v) is 8.83. The highest BCUT2D eigenvalue weighted by atomic mass is 19.1. The summed E-state index contributed by atoms with van der Waals surface area (Å²) < 4.78 is 34.5. The van der Waals surface area contributed by atoms with Gasteiger partial charge in [-0.2, -0.15) is 4.98 Å². The van der Waals surface area contributed by atoms with E-state index in [1.54, 1.807) is 22.8 Å². The highest BCUT2D eigenvalue weighted by Gasteiger charge is 2.19. The van der Waals surface area contributed by atoms with Gasteiger partial charge in [0.25, 0.3) is 5.69 Å². The predicted octanol–water partition coefficient (Wildman–Crippen LogP) is 4.57. The fourth-order valence-electron chi connectivity index (χ4n) is 2.88. The van der Waals surface area contributed by atoms with E-state index in [1.807, 2.05) is 6.92 Å². The number of ether oxygens (including phenoxy) is 1. The Morgan fingerprint density at radius 3 is 2.57 bits per heavy atom. The van der Waals surface area contributed by atoms with Gasteiger partial charge in [-0.05, 0) is 25.1 Å². The highest BCUT2D eigenvalue weighted by molar-refractivity contribution is 5.77. The number of nitro groups is 1. The minimum absolute atomic E-state index is 0.114. The molecule has 0 bridgehead atoms. The number of nitrogens with zero attached hydrogens (tertiary/aromatic N) is 5. The summed E-state index contributed by atoms with van der Waals surface area (Å²) in [5.41, 5.74) is 0.849. The van der Waals surface area contributed by atoms with E-state index in [9.17, 15) is 18.9 Å². The summed E-state index contributed by atoms with van der Waals surface area (Å²) in [5.74, 6) is -2.09. The van der Waals surface area contributed by atoms with Crippen molar-refractivity contribution < 1.29 is 18.4 Å². The monoisotopic (exact) mass is 412 g/mol. The number of hydrogen-bond donors (Lipinski definition) is 1. The van der Waals surface area contributed by atoms with Crippen LogP contribution in [-0.4, -0.2) is 24.4 Å². The number of aromatic nitrogens is 4. The van der Waals surface area contributed by atoms with Gasteiger partial charge < -0.3 is 10.1 Å². The van der Waals surface area contributed by atoms with Gasteiger partial charge in [-0.1, -0.05) is 18.2 Å². The minimum atomic E-state index is -0.888. The molecule has 9 nitrogen and oxygen atoms in total. The third kappa shape index (κ3) is 3.48. The normalized spacial score (nSPS) is 10.9. The van der Waals surface area contributed by atoms with E-state index >= 15 is 0 Å². The van der Waals surface area contributed by atoms with Crippen LogP contribution in [0.1, 0.15) is 6.92 Å². The Kier molecular flexibility index (Phi) is 4.92. The molecule has 0 saturated carbocycles. The van der Waals surface area contributed by atoms with Crippen LogP contribution in [-0.2, 0) is 6.54 Å². The molecule has 152 valence electrons. The van der Waals surface area contributed by atoms with Crippen LogP contribution >= 0.6 is 0 Å². The molecule has 0 atom stereocenters. The lowest BCUT2D eigenvalue weighted by molar-refractivity contribution is -0.383. The molecular formula is C19H14F2N6O3. The van der Waals surface area contributed by atoms with Crippen LogP contribution < -0.4 is 10.1 Å². The minimum Gasteiger partial charge on any atom is -0.418 e. The maximum Gasteiger partial charge on any atom is 0.324 e. The Morgan fingerprint density at radius 2 is 1.87 bits per heavy atom. The number of nitro benzene ring substituents is 1. The van der Waals surface area contributed by atoms with Crippen LogP contribution in [0.3, 0.4) is 0 Å². The first-order chi connectivity index (χ1) is 14.5. The molecule has 0 unspecified atom stereocenters. The van der Waals surface area contributed by atoms with E-state index in [0.717, 1.165) is 12.1 Å². The van der Waals surface area contributed by atoms with Gasteiger partial charge in [0.05, 0.1) is 11.1 Å². The zero-order valence-corrected chi connectivity index (χ0v) is 15.5. The molecule has 2 aromatic carbocycles. The summed E-state index contributed by atoms with van der Waals surface area (Å²) in [6.07, 6.45) is 1.34. The Labute approximate surface area is 168 Å². The van der Waals surface area contributed by atoms with E-state index in [1.165, 1.54) is 18.3 Å². The number of rotatable bonds is 6. The number of imidazole rings is 1. The molecule has 11 heteroatoms. The molecule has 30 heavy (non-hydrogen) atoms. The van der Waals surface area contributed by atoms with Crippen molar-refractivity contribution in [2.75, 3.05) is 5.32 Å². The third-order valence-electron chi connectivity index (χ3n) is 4.24. The predicted molar refractivity (Wildman–Crippen MR) is 104 cm³/mol. The molecule has 0 aliphatic rings. The van der Waals surface area contributed by atoms with Gasteiger partial charge in [-0.25, -0.2) is 18.7 Å². The van der Waals surface area contributed by atoms with Crippen LogP contribution in [0.25, 0.3) is 11.2 Å². The molecule has 0 aliphatic heterocycles. The van der Waals surface area contributed by atoms with Crippen LogP contribution in [0.5, 0.6) is 11.8 Å². The second-order valence-corrected chi connectivity index (χ2v) is 6.09.